The van der Waals surface area contributed by atoms with E-state index >= 15 is 0 Å². The Bertz CT molecular complexity index is 1390. The summed E-state index contributed by atoms with van der Waals surface area (Å²) in [5.41, 5.74) is 0. The number of carbonyl (C=O) groups excluding carboxylic acids is 1. The Balaban J connectivity index is 3.61. The molecule has 62 heavy (non-hydrogen) atoms. The minimum atomic E-state index is -2.38. The molecule has 0 aromatic carbocycles. The number of hydrogen-bond donors (Lipinski definition) is 1. The fraction of sp³-hybridized carbons (Fsp3) is 0.958. The predicted molar refractivity (Wildman–Crippen MR) is 267 cm³/mol. The summed E-state index contributed by atoms with van der Waals surface area (Å²) in [4.78, 5) is 26.4. The minimum Gasteiger partial charge on any atom is -0.481 e. The molecule has 10 nitrogen and oxygen atoms in total. The third-order valence-electron chi connectivity index (χ3n) is 15.7. The molecule has 0 amide bonds. The van der Waals surface area contributed by atoms with E-state index in [1.165, 1.54) is 0 Å². The first-order chi connectivity index (χ1) is 27.6. The van der Waals surface area contributed by atoms with Gasteiger partial charge in [0, 0.05) is 12.3 Å². The highest BCUT2D eigenvalue weighted by molar-refractivity contribution is 6.75. The number of carboxylic acids is 1. The topological polar surface area (TPSA) is 119 Å². The number of ether oxygens (including phenoxy) is 3. The second kappa shape index (κ2) is 22.6. The van der Waals surface area contributed by atoms with Crippen LogP contribution in [0.15, 0.2) is 0 Å². The Labute approximate surface area is 386 Å². The molecule has 1 heterocycles. The van der Waals surface area contributed by atoms with Crippen molar-refractivity contribution in [1.82, 2.24) is 0 Å². The van der Waals surface area contributed by atoms with Gasteiger partial charge in [-0.1, -0.05) is 131 Å². The quantitative estimate of drug-likeness (QED) is 0.0740. The Morgan fingerprint density at radius 1 is 0.629 bits per heavy atom. The van der Waals surface area contributed by atoms with Gasteiger partial charge in [0.25, 0.3) is 0 Å². The van der Waals surface area contributed by atoms with E-state index in [1.807, 2.05) is 0 Å². The van der Waals surface area contributed by atoms with Crippen molar-refractivity contribution in [3.8, 4) is 0 Å². The van der Waals surface area contributed by atoms with Crippen LogP contribution >= 0.6 is 0 Å². The third kappa shape index (κ3) is 17.3. The van der Waals surface area contributed by atoms with Gasteiger partial charge >= 0.3 is 11.9 Å². The van der Waals surface area contributed by atoms with Crippen LogP contribution in [0.3, 0.4) is 0 Å². The molecule has 1 aliphatic rings. The van der Waals surface area contributed by atoms with Crippen LogP contribution in [0.4, 0.5) is 0 Å². The van der Waals surface area contributed by atoms with Gasteiger partial charge in [-0.3, -0.25) is 9.59 Å². The maximum atomic E-state index is 14.3. The zero-order valence-electron chi connectivity index (χ0n) is 44.8. The Morgan fingerprint density at radius 2 is 1.03 bits per heavy atom. The molecular formula is C48H100O10Si4. The first kappa shape index (κ1) is 59.6. The standard InChI is InChI=1S/C48H100O10Si4/c1-26-33(3)38(28-36(30-41(49)50)56-60(20,21)46(9,10)11)53-42(51)31-37(57-61(22,23)47(12,13)14)29-39(34(4)27-2)54-44-35(5)43(58-62(24,25)48(15,16)17)40(55-44)32-52-59(18,19)45(6,7)8/h33-40,43-44H,26-32H2,1-25H3,(H,49,50)/t33-,34-,35?,36-,37-,38-,39-,40-,43?,44+/m0/s1. The van der Waals surface area contributed by atoms with Crippen molar-refractivity contribution in [1.29, 1.82) is 0 Å². The van der Waals surface area contributed by atoms with E-state index in [9.17, 15) is 14.7 Å². The molecule has 0 aliphatic carbocycles. The summed E-state index contributed by atoms with van der Waals surface area (Å²) in [6.45, 7) is 55.6. The molecule has 14 heteroatoms. The summed E-state index contributed by atoms with van der Waals surface area (Å²) in [6.07, 6.45) is -0.449. The van der Waals surface area contributed by atoms with E-state index in [-0.39, 0.29) is 75.0 Å². The lowest BCUT2D eigenvalue weighted by Crippen LogP contribution is -2.49. The molecule has 1 rings (SSSR count). The molecule has 2 unspecified atom stereocenters. The van der Waals surface area contributed by atoms with Crippen molar-refractivity contribution in [2.75, 3.05) is 6.61 Å². The van der Waals surface area contributed by atoms with Crippen molar-refractivity contribution in [2.24, 2.45) is 17.8 Å². The molecular weight excluding hydrogens is 849 g/mol. The SMILES string of the molecule is CC[C@H](C)[C@H](C[C@@H](CC(=O)O)O[Si](C)(C)C(C)(C)C)OC(=O)C[C@H](C[C@H](O[C@@H]1O[C@@H](CO[Si](C)(C)C(C)(C)C)C(O[Si](C)(C)C(C)(C)C)C1C)[C@@H](C)CC)O[Si](C)(C)C(C)(C)C. The second-order valence-corrected chi connectivity index (χ2v) is 44.1. The highest BCUT2D eigenvalue weighted by Crippen LogP contribution is 2.44. The average molecular weight is 950 g/mol. The highest BCUT2D eigenvalue weighted by atomic mass is 28.4. The van der Waals surface area contributed by atoms with Crippen LogP contribution in [-0.4, -0.2) is 99.8 Å². The maximum absolute atomic E-state index is 14.3. The van der Waals surface area contributed by atoms with Gasteiger partial charge in [0.15, 0.2) is 39.6 Å². The van der Waals surface area contributed by atoms with Gasteiger partial charge in [-0.25, -0.2) is 0 Å². The molecule has 0 spiro atoms. The minimum absolute atomic E-state index is 0.00488. The molecule has 0 radical (unpaired) electrons. The molecule has 1 aliphatic heterocycles. The molecule has 0 saturated carbocycles. The third-order valence-corrected chi connectivity index (χ3v) is 33.8. The zero-order valence-corrected chi connectivity index (χ0v) is 48.8. The monoisotopic (exact) mass is 949 g/mol. The number of esters is 1. The second-order valence-electron chi connectivity index (χ2n) is 25.1. The number of carboxylic acid groups (broad SMARTS) is 1. The fourth-order valence-electron chi connectivity index (χ4n) is 6.53. The van der Waals surface area contributed by atoms with E-state index in [0.29, 0.717) is 19.4 Å². The number of carbonyl (C=O) groups is 2. The lowest BCUT2D eigenvalue weighted by Gasteiger charge is -2.41. The van der Waals surface area contributed by atoms with Gasteiger partial charge in [0.2, 0.25) is 0 Å². The predicted octanol–water partition coefficient (Wildman–Crippen LogP) is 13.6. The molecule has 0 aromatic rings. The first-order valence-corrected chi connectivity index (χ1v) is 35.7. The summed E-state index contributed by atoms with van der Waals surface area (Å²) in [7, 11) is -8.97. The molecule has 1 fully saturated rings. The van der Waals surface area contributed by atoms with Crippen molar-refractivity contribution >= 4 is 45.2 Å². The van der Waals surface area contributed by atoms with Crippen LogP contribution in [0.25, 0.3) is 0 Å². The maximum Gasteiger partial charge on any atom is 0.308 e. The zero-order chi connectivity index (χ0) is 48.8. The fourth-order valence-corrected chi connectivity index (χ4v) is 11.7. The smallest absolute Gasteiger partial charge is 0.308 e. The molecule has 0 aromatic heterocycles. The molecule has 368 valence electrons. The van der Waals surface area contributed by atoms with E-state index in [4.69, 9.17) is 31.9 Å². The molecule has 0 bridgehead atoms. The summed E-state index contributed by atoms with van der Waals surface area (Å²) in [6, 6.07) is 0. The van der Waals surface area contributed by atoms with Crippen LogP contribution in [0.1, 0.15) is 156 Å². The lowest BCUT2D eigenvalue weighted by molar-refractivity contribution is -0.194. The highest BCUT2D eigenvalue weighted by Gasteiger charge is 2.51. The van der Waals surface area contributed by atoms with Gasteiger partial charge in [-0.05, 0) is 90.8 Å². The summed E-state index contributed by atoms with van der Waals surface area (Å²) in [5, 5.41) is 9.79. The van der Waals surface area contributed by atoms with E-state index in [0.717, 1.165) is 12.8 Å². The Morgan fingerprint density at radius 3 is 1.44 bits per heavy atom. The Hall–Kier alpha value is -0.432. The molecule has 1 N–H and O–H groups in total. The van der Waals surface area contributed by atoms with Crippen LogP contribution < -0.4 is 0 Å². The molecule has 10 atom stereocenters. The Kier molecular flexibility index (Phi) is 21.7. The van der Waals surface area contributed by atoms with Gasteiger partial charge in [0.05, 0.1) is 43.9 Å². The van der Waals surface area contributed by atoms with Crippen molar-refractivity contribution in [2.45, 2.75) is 272 Å². The number of aliphatic carboxylic acids is 1. The summed E-state index contributed by atoms with van der Waals surface area (Å²) < 4.78 is 48.2. The largest absolute Gasteiger partial charge is 0.481 e. The van der Waals surface area contributed by atoms with Crippen molar-refractivity contribution in [3.05, 3.63) is 0 Å². The summed E-state index contributed by atoms with van der Waals surface area (Å²) in [5.74, 6) is -1.18. The van der Waals surface area contributed by atoms with E-state index in [2.05, 4.69) is 170 Å². The van der Waals surface area contributed by atoms with Crippen LogP contribution in [0.2, 0.25) is 72.5 Å². The van der Waals surface area contributed by atoms with Crippen LogP contribution in [-0.2, 0) is 41.5 Å². The van der Waals surface area contributed by atoms with Crippen molar-refractivity contribution in [3.63, 3.8) is 0 Å². The van der Waals surface area contributed by atoms with Crippen LogP contribution in [0, 0.1) is 17.8 Å². The average Bonchev–Trinajstić information content (AvgIpc) is 3.35. The first-order valence-electron chi connectivity index (χ1n) is 24.0. The molecule has 1 saturated heterocycles. The lowest BCUT2D eigenvalue weighted by atomic mass is 9.94. The van der Waals surface area contributed by atoms with Gasteiger partial charge < -0.3 is 37.0 Å². The van der Waals surface area contributed by atoms with Crippen molar-refractivity contribution < 1.29 is 46.6 Å². The number of rotatable bonds is 24. The normalized spacial score (nSPS) is 23.1. The van der Waals surface area contributed by atoms with E-state index in [1.54, 1.807) is 0 Å². The number of hydrogen-bond acceptors (Lipinski definition) is 9. The van der Waals surface area contributed by atoms with Gasteiger partial charge in [-0.2, -0.15) is 0 Å². The summed E-state index contributed by atoms with van der Waals surface area (Å²) >= 11 is 0. The van der Waals surface area contributed by atoms with E-state index < -0.39 is 63.8 Å². The van der Waals surface area contributed by atoms with Gasteiger partial charge in [0.1, 0.15) is 12.2 Å². The van der Waals surface area contributed by atoms with Crippen LogP contribution in [0.5, 0.6) is 0 Å². The van der Waals surface area contributed by atoms with Gasteiger partial charge in [-0.15, -0.1) is 0 Å².